The van der Waals surface area contributed by atoms with Crippen LogP contribution < -0.4 is 5.32 Å². The van der Waals surface area contributed by atoms with E-state index in [0.29, 0.717) is 6.10 Å². The maximum atomic E-state index is 13.7. The van der Waals surface area contributed by atoms with E-state index in [1.165, 1.54) is 6.07 Å². The van der Waals surface area contributed by atoms with Crippen LogP contribution >= 0.6 is 15.9 Å². The molecular weight excluding hydrogens is 340 g/mol. The van der Waals surface area contributed by atoms with Gasteiger partial charge in [0.05, 0.1) is 10.6 Å². The number of nitrogens with one attached hydrogen (secondary N) is 1. The normalized spacial score (nSPS) is 19.9. The summed E-state index contributed by atoms with van der Waals surface area (Å²) in [5, 5.41) is 3.35. The van der Waals surface area contributed by atoms with Gasteiger partial charge in [-0.15, -0.1) is 0 Å². The molecule has 118 valence electrons. The van der Waals surface area contributed by atoms with Gasteiger partial charge in [0.1, 0.15) is 0 Å². The van der Waals surface area contributed by atoms with E-state index < -0.39 is 11.6 Å². The van der Waals surface area contributed by atoms with Crippen LogP contribution in [0, 0.1) is 11.6 Å². The van der Waals surface area contributed by atoms with Gasteiger partial charge in [-0.2, -0.15) is 0 Å². The molecule has 0 aliphatic carbocycles. The molecule has 1 heterocycles. The van der Waals surface area contributed by atoms with Gasteiger partial charge in [-0.1, -0.05) is 13.0 Å². The zero-order valence-electron chi connectivity index (χ0n) is 12.3. The fraction of sp³-hybridized carbons (Fsp3) is 0.625. The summed E-state index contributed by atoms with van der Waals surface area (Å²) < 4.78 is 32.8. The van der Waals surface area contributed by atoms with Crippen molar-refractivity contribution in [3.8, 4) is 0 Å². The number of rotatable bonds is 7. The first-order valence-electron chi connectivity index (χ1n) is 7.61. The smallest absolute Gasteiger partial charge is 0.173 e. The van der Waals surface area contributed by atoms with Gasteiger partial charge in [0.25, 0.3) is 0 Å². The minimum atomic E-state index is -0.819. The van der Waals surface area contributed by atoms with Crippen molar-refractivity contribution in [3.63, 3.8) is 0 Å². The van der Waals surface area contributed by atoms with Gasteiger partial charge < -0.3 is 10.1 Å². The average molecular weight is 362 g/mol. The number of ether oxygens (including phenoxy) is 1. The van der Waals surface area contributed by atoms with Crippen LogP contribution in [0.15, 0.2) is 16.6 Å². The predicted octanol–water partition coefficient (Wildman–Crippen LogP) is 4.73. The molecule has 0 amide bonds. The standard InChI is InChI=1S/C16H22BrF2NO/c1-2-20-14(7-3-5-11-6-4-10-21-11)12-8-9-13(18)16(19)15(12)17/h8-9,11,14,20H,2-7,10H2,1H3. The molecule has 0 radical (unpaired) electrons. The molecule has 0 aromatic heterocycles. The highest BCUT2D eigenvalue weighted by Crippen LogP contribution is 2.31. The molecule has 2 unspecified atom stereocenters. The number of benzene rings is 1. The van der Waals surface area contributed by atoms with Gasteiger partial charge in [0, 0.05) is 12.6 Å². The Morgan fingerprint density at radius 1 is 1.43 bits per heavy atom. The second-order valence-electron chi connectivity index (χ2n) is 5.44. The molecule has 2 rings (SSSR count). The lowest BCUT2D eigenvalue weighted by molar-refractivity contribution is 0.101. The van der Waals surface area contributed by atoms with Crippen LogP contribution in [-0.2, 0) is 4.74 Å². The van der Waals surface area contributed by atoms with Crippen LogP contribution in [-0.4, -0.2) is 19.3 Å². The Kier molecular flexibility index (Phi) is 6.58. The summed E-state index contributed by atoms with van der Waals surface area (Å²) in [5.74, 6) is -1.63. The molecule has 5 heteroatoms. The maximum absolute atomic E-state index is 13.7. The molecule has 1 aromatic rings. The zero-order chi connectivity index (χ0) is 15.2. The monoisotopic (exact) mass is 361 g/mol. The fourth-order valence-electron chi connectivity index (χ4n) is 2.85. The molecule has 0 spiro atoms. The summed E-state index contributed by atoms with van der Waals surface area (Å²) in [6, 6.07) is 2.88. The van der Waals surface area contributed by atoms with E-state index in [1.54, 1.807) is 6.07 Å². The molecule has 0 saturated carbocycles. The van der Waals surface area contributed by atoms with Crippen LogP contribution in [0.25, 0.3) is 0 Å². The topological polar surface area (TPSA) is 21.3 Å². The van der Waals surface area contributed by atoms with Crippen LogP contribution in [0.4, 0.5) is 8.78 Å². The molecule has 1 N–H and O–H groups in total. The van der Waals surface area contributed by atoms with Gasteiger partial charge in [-0.05, 0) is 66.2 Å². The van der Waals surface area contributed by atoms with E-state index in [2.05, 4.69) is 21.2 Å². The van der Waals surface area contributed by atoms with Crippen molar-refractivity contribution in [1.82, 2.24) is 5.32 Å². The Labute approximate surface area is 133 Å². The first-order chi connectivity index (χ1) is 10.1. The van der Waals surface area contributed by atoms with E-state index in [9.17, 15) is 8.78 Å². The summed E-state index contributed by atoms with van der Waals surface area (Å²) in [4.78, 5) is 0. The summed E-state index contributed by atoms with van der Waals surface area (Å²) in [6.45, 7) is 3.67. The highest BCUT2D eigenvalue weighted by atomic mass is 79.9. The Balaban J connectivity index is 1.99. The molecule has 2 atom stereocenters. The third kappa shape index (κ3) is 4.47. The van der Waals surface area contributed by atoms with Gasteiger partial charge in [0.2, 0.25) is 0 Å². The molecule has 1 aromatic carbocycles. The van der Waals surface area contributed by atoms with Crippen LogP contribution in [0.1, 0.15) is 50.6 Å². The van der Waals surface area contributed by atoms with Crippen molar-refractivity contribution in [2.75, 3.05) is 13.2 Å². The molecule has 21 heavy (non-hydrogen) atoms. The Hall–Kier alpha value is -0.520. The first-order valence-corrected chi connectivity index (χ1v) is 8.41. The van der Waals surface area contributed by atoms with Crippen LogP contribution in [0.3, 0.4) is 0 Å². The highest BCUT2D eigenvalue weighted by molar-refractivity contribution is 9.10. The Morgan fingerprint density at radius 2 is 2.24 bits per heavy atom. The van der Waals surface area contributed by atoms with Crippen LogP contribution in [0.5, 0.6) is 0 Å². The lowest BCUT2D eigenvalue weighted by atomic mass is 9.99. The third-order valence-corrected chi connectivity index (χ3v) is 4.74. The van der Waals surface area contributed by atoms with Crippen molar-refractivity contribution in [3.05, 3.63) is 33.8 Å². The number of hydrogen-bond donors (Lipinski definition) is 1. The maximum Gasteiger partial charge on any atom is 0.173 e. The van der Waals surface area contributed by atoms with Gasteiger partial charge >= 0.3 is 0 Å². The summed E-state index contributed by atoms with van der Waals surface area (Å²) in [6.07, 6.45) is 5.59. The van der Waals surface area contributed by atoms with E-state index in [1.807, 2.05) is 6.92 Å². The van der Waals surface area contributed by atoms with Gasteiger partial charge in [-0.25, -0.2) is 8.78 Å². The molecule has 1 aliphatic heterocycles. The molecular formula is C16H22BrF2NO. The van der Waals surface area contributed by atoms with Crippen LogP contribution in [0.2, 0.25) is 0 Å². The number of halogens is 3. The van der Waals surface area contributed by atoms with Gasteiger partial charge in [-0.3, -0.25) is 0 Å². The molecule has 1 aliphatic rings. The zero-order valence-corrected chi connectivity index (χ0v) is 13.9. The minimum Gasteiger partial charge on any atom is -0.378 e. The molecule has 2 nitrogen and oxygen atoms in total. The lowest BCUT2D eigenvalue weighted by Gasteiger charge is -2.21. The van der Waals surface area contributed by atoms with E-state index >= 15 is 0 Å². The third-order valence-electron chi connectivity index (χ3n) is 3.93. The SMILES string of the molecule is CCNC(CCCC1CCCO1)c1ccc(F)c(F)c1Br. The average Bonchev–Trinajstić information content (AvgIpc) is 2.98. The summed E-state index contributed by atoms with van der Waals surface area (Å²) in [7, 11) is 0. The number of hydrogen-bond acceptors (Lipinski definition) is 2. The van der Waals surface area contributed by atoms with Crippen molar-refractivity contribution < 1.29 is 13.5 Å². The largest absolute Gasteiger partial charge is 0.378 e. The summed E-state index contributed by atoms with van der Waals surface area (Å²) >= 11 is 3.18. The Bertz CT molecular complexity index is 464. The van der Waals surface area contributed by atoms with Crippen molar-refractivity contribution in [2.24, 2.45) is 0 Å². The minimum absolute atomic E-state index is 0.0286. The van der Waals surface area contributed by atoms with Crippen molar-refractivity contribution >= 4 is 15.9 Å². The van der Waals surface area contributed by atoms with E-state index in [4.69, 9.17) is 4.74 Å². The van der Waals surface area contributed by atoms with Crippen molar-refractivity contribution in [2.45, 2.75) is 51.2 Å². The van der Waals surface area contributed by atoms with Gasteiger partial charge in [0.15, 0.2) is 11.6 Å². The fourth-order valence-corrected chi connectivity index (χ4v) is 3.44. The second kappa shape index (κ2) is 8.20. The van der Waals surface area contributed by atoms with Crippen molar-refractivity contribution in [1.29, 1.82) is 0 Å². The molecule has 0 bridgehead atoms. The van der Waals surface area contributed by atoms with E-state index in [-0.39, 0.29) is 10.5 Å². The molecule has 1 saturated heterocycles. The van der Waals surface area contributed by atoms with E-state index in [0.717, 1.165) is 50.8 Å². The quantitative estimate of drug-likeness (QED) is 0.709. The predicted molar refractivity (Wildman–Crippen MR) is 83.3 cm³/mol. The summed E-state index contributed by atoms with van der Waals surface area (Å²) in [5.41, 5.74) is 0.781. The lowest BCUT2D eigenvalue weighted by Crippen LogP contribution is -2.22. The highest BCUT2D eigenvalue weighted by Gasteiger charge is 2.20. The first kappa shape index (κ1) is 16.8. The second-order valence-corrected chi connectivity index (χ2v) is 6.23. The Morgan fingerprint density at radius 3 is 2.90 bits per heavy atom. The molecule has 1 fully saturated rings.